The fourth-order valence-corrected chi connectivity index (χ4v) is 2.10. The topological polar surface area (TPSA) is 44.6 Å². The predicted molar refractivity (Wildman–Crippen MR) is 64.2 cm³/mol. The highest BCUT2D eigenvalue weighted by molar-refractivity contribution is 5.60. The van der Waals surface area contributed by atoms with E-state index in [1.807, 2.05) is 4.90 Å². The molecule has 0 aromatic heterocycles. The highest BCUT2D eigenvalue weighted by Gasteiger charge is 2.11. The van der Waals surface area contributed by atoms with E-state index < -0.39 is 5.97 Å². The molecule has 0 radical (unpaired) electrons. The lowest BCUT2D eigenvalue weighted by molar-refractivity contribution is -0.905. The summed E-state index contributed by atoms with van der Waals surface area (Å²) in [6, 6.07) is 0. The van der Waals surface area contributed by atoms with E-state index in [1.54, 1.807) is 0 Å². The zero-order valence-electron chi connectivity index (χ0n) is 10.9. The second kappa shape index (κ2) is 10.9. The summed E-state index contributed by atoms with van der Waals surface area (Å²) in [5.74, 6) is -1.08. The number of hydrogen-bond acceptors (Lipinski definition) is 2. The summed E-state index contributed by atoms with van der Waals surface area (Å²) in [5.41, 5.74) is 0. The minimum absolute atomic E-state index is 0.972. The van der Waals surface area contributed by atoms with Gasteiger partial charge in [-0.2, -0.15) is 0 Å². The van der Waals surface area contributed by atoms with Gasteiger partial charge in [0, 0.05) is 5.97 Å². The van der Waals surface area contributed by atoms with Crippen LogP contribution in [-0.2, 0) is 4.79 Å². The van der Waals surface area contributed by atoms with Gasteiger partial charge in [-0.15, -0.1) is 0 Å². The van der Waals surface area contributed by atoms with E-state index in [0.29, 0.717) is 0 Å². The summed E-state index contributed by atoms with van der Waals surface area (Å²) < 4.78 is 0. The van der Waals surface area contributed by atoms with Crippen LogP contribution in [0, 0.1) is 0 Å². The number of likely N-dealkylation sites (tertiary alicyclic amines) is 1. The van der Waals surface area contributed by atoms with Crippen LogP contribution in [0.15, 0.2) is 0 Å². The molecule has 3 heteroatoms. The van der Waals surface area contributed by atoms with E-state index in [0.717, 1.165) is 6.92 Å². The van der Waals surface area contributed by atoms with Crippen LogP contribution >= 0.6 is 0 Å². The first-order valence-corrected chi connectivity index (χ1v) is 6.68. The molecule has 0 unspecified atom stereocenters. The minimum atomic E-state index is -1.08. The maximum Gasteiger partial charge on any atom is 0.0770 e. The van der Waals surface area contributed by atoms with Gasteiger partial charge in [-0.05, 0) is 39.0 Å². The summed E-state index contributed by atoms with van der Waals surface area (Å²) >= 11 is 0. The molecule has 0 saturated carbocycles. The van der Waals surface area contributed by atoms with Gasteiger partial charge in [0.05, 0.1) is 19.6 Å². The lowest BCUT2D eigenvalue weighted by Gasteiger charge is -2.23. The van der Waals surface area contributed by atoms with E-state index >= 15 is 0 Å². The van der Waals surface area contributed by atoms with Crippen molar-refractivity contribution in [2.75, 3.05) is 19.6 Å². The number of unbranched alkanes of at least 4 members (excludes halogenated alkanes) is 3. The second-order valence-electron chi connectivity index (χ2n) is 4.61. The maximum atomic E-state index is 8.89. The molecule has 16 heavy (non-hydrogen) atoms. The number of carboxylic acid groups (broad SMARTS) is 1. The van der Waals surface area contributed by atoms with Crippen molar-refractivity contribution in [1.29, 1.82) is 0 Å². The first-order valence-electron chi connectivity index (χ1n) is 6.68. The molecule has 0 bridgehead atoms. The molecule has 1 aliphatic rings. The summed E-state index contributed by atoms with van der Waals surface area (Å²) in [7, 11) is 0. The van der Waals surface area contributed by atoms with Gasteiger partial charge in [0.1, 0.15) is 0 Å². The first-order chi connectivity index (χ1) is 7.66. The van der Waals surface area contributed by atoms with Crippen LogP contribution < -0.4 is 10.0 Å². The van der Waals surface area contributed by atoms with Gasteiger partial charge in [0.25, 0.3) is 0 Å². The van der Waals surface area contributed by atoms with Gasteiger partial charge >= 0.3 is 0 Å². The van der Waals surface area contributed by atoms with Crippen molar-refractivity contribution in [3.8, 4) is 0 Å². The van der Waals surface area contributed by atoms with Gasteiger partial charge < -0.3 is 14.8 Å². The van der Waals surface area contributed by atoms with Gasteiger partial charge in [0.15, 0.2) is 0 Å². The highest BCUT2D eigenvalue weighted by atomic mass is 16.4. The third kappa shape index (κ3) is 11.5. The van der Waals surface area contributed by atoms with Gasteiger partial charge in [-0.1, -0.05) is 19.8 Å². The molecule has 0 atom stereocenters. The molecule has 0 spiro atoms. The molecule has 1 saturated heterocycles. The molecule has 1 N–H and O–H groups in total. The quantitative estimate of drug-likeness (QED) is 0.693. The molecule has 3 nitrogen and oxygen atoms in total. The van der Waals surface area contributed by atoms with Crippen LogP contribution in [0.5, 0.6) is 0 Å². The smallest absolute Gasteiger partial charge is 0.0770 e. The molecule has 0 aromatic carbocycles. The number of carbonyl (C=O) groups excluding carboxylic acids is 1. The Bertz CT molecular complexity index is 161. The Morgan fingerprint density at radius 2 is 1.69 bits per heavy atom. The number of carboxylic acids is 1. The normalized spacial score (nSPS) is 16.4. The minimum Gasteiger partial charge on any atom is -0.550 e. The molecule has 96 valence electrons. The Labute approximate surface area is 99.8 Å². The monoisotopic (exact) mass is 229 g/mol. The summed E-state index contributed by atoms with van der Waals surface area (Å²) in [5, 5.41) is 8.89. The van der Waals surface area contributed by atoms with E-state index in [1.165, 1.54) is 64.6 Å². The number of nitrogens with one attached hydrogen (secondary N) is 1. The SMILES string of the molecule is CC(=O)[O-].CCCCCC[NH+]1CCCCC1. The maximum absolute atomic E-state index is 8.89. The van der Waals surface area contributed by atoms with Gasteiger partial charge in [-0.25, -0.2) is 0 Å². The lowest BCUT2D eigenvalue weighted by Crippen LogP contribution is -3.12. The molecule has 0 aromatic rings. The molecule has 1 rings (SSSR count). The zero-order chi connectivity index (χ0) is 12.2. The average Bonchev–Trinajstić information content (AvgIpc) is 2.25. The Morgan fingerprint density at radius 3 is 2.19 bits per heavy atom. The number of carbonyl (C=O) groups is 1. The van der Waals surface area contributed by atoms with Gasteiger partial charge in [-0.3, -0.25) is 0 Å². The standard InChI is InChI=1S/C11H23N.C2H4O2/c1-2-3-4-6-9-12-10-7-5-8-11-12;1-2(3)4/h2-11H2,1H3;1H3,(H,3,4). The average molecular weight is 229 g/mol. The zero-order valence-corrected chi connectivity index (χ0v) is 10.9. The van der Waals surface area contributed by atoms with Gasteiger partial charge in [0.2, 0.25) is 0 Å². The number of piperidine rings is 1. The summed E-state index contributed by atoms with van der Waals surface area (Å²) in [6.07, 6.45) is 10.2. The number of rotatable bonds is 5. The highest BCUT2D eigenvalue weighted by Crippen LogP contribution is 1.98. The van der Waals surface area contributed by atoms with Crippen molar-refractivity contribution in [2.24, 2.45) is 0 Å². The van der Waals surface area contributed by atoms with E-state index in [-0.39, 0.29) is 0 Å². The Balaban J connectivity index is 0.000000487. The van der Waals surface area contributed by atoms with Crippen LogP contribution in [0.2, 0.25) is 0 Å². The number of hydrogen-bond donors (Lipinski definition) is 1. The molecule has 0 aliphatic carbocycles. The molecule has 1 fully saturated rings. The number of quaternary nitrogens is 1. The first kappa shape index (κ1) is 15.4. The fourth-order valence-electron chi connectivity index (χ4n) is 2.10. The van der Waals surface area contributed by atoms with Crippen LogP contribution in [0.25, 0.3) is 0 Å². The van der Waals surface area contributed by atoms with Crippen molar-refractivity contribution < 1.29 is 14.8 Å². The predicted octanol–water partition coefficient (Wildman–Crippen LogP) is 0.392. The molecular weight excluding hydrogens is 202 g/mol. The Hall–Kier alpha value is -0.570. The van der Waals surface area contributed by atoms with E-state index in [2.05, 4.69) is 6.92 Å². The van der Waals surface area contributed by atoms with E-state index in [9.17, 15) is 0 Å². The fraction of sp³-hybridized carbons (Fsp3) is 0.923. The largest absolute Gasteiger partial charge is 0.550 e. The van der Waals surface area contributed by atoms with Crippen molar-refractivity contribution in [3.63, 3.8) is 0 Å². The molecular formula is C13H27NO2. The second-order valence-corrected chi connectivity index (χ2v) is 4.61. The van der Waals surface area contributed by atoms with Crippen molar-refractivity contribution in [1.82, 2.24) is 0 Å². The molecule has 0 amide bonds. The molecule has 1 aliphatic heterocycles. The van der Waals surface area contributed by atoms with Crippen molar-refractivity contribution in [3.05, 3.63) is 0 Å². The van der Waals surface area contributed by atoms with Crippen LogP contribution in [0.3, 0.4) is 0 Å². The summed E-state index contributed by atoms with van der Waals surface area (Å²) in [4.78, 5) is 10.8. The van der Waals surface area contributed by atoms with Crippen LogP contribution in [0.4, 0.5) is 0 Å². The third-order valence-electron chi connectivity index (χ3n) is 2.94. The lowest BCUT2D eigenvalue weighted by atomic mass is 10.1. The van der Waals surface area contributed by atoms with Crippen molar-refractivity contribution in [2.45, 2.75) is 58.8 Å². The van der Waals surface area contributed by atoms with Crippen LogP contribution in [0.1, 0.15) is 58.8 Å². The third-order valence-corrected chi connectivity index (χ3v) is 2.94. The Kier molecular flexibility index (Phi) is 10.5. The van der Waals surface area contributed by atoms with Crippen molar-refractivity contribution >= 4 is 5.97 Å². The Morgan fingerprint density at radius 1 is 1.12 bits per heavy atom. The molecule has 1 heterocycles. The van der Waals surface area contributed by atoms with Crippen LogP contribution in [-0.4, -0.2) is 25.6 Å². The summed E-state index contributed by atoms with van der Waals surface area (Å²) in [6.45, 7) is 7.60. The number of aliphatic carboxylic acids is 1. The van der Waals surface area contributed by atoms with E-state index in [4.69, 9.17) is 9.90 Å².